The van der Waals surface area contributed by atoms with E-state index in [0.29, 0.717) is 35.5 Å². The standard InChI is InChI=1S/C22H24N6O5/c1-11-17(30)18(31)21(33-11)28-19-16(27-22(28)26-14-6-15(29)7-14)20(25-10-24-19)32-9-13-4-2-12(8-23)3-5-13/h2-5,10-11,14-15,17-18,21,29-31H,6-7,9H2,1H3,(H,26,27)/t11-,14-,15+,17-,18-,21-/m1/s1. The van der Waals surface area contributed by atoms with Gasteiger partial charge < -0.3 is 30.1 Å². The molecule has 0 radical (unpaired) electrons. The minimum atomic E-state index is -1.18. The summed E-state index contributed by atoms with van der Waals surface area (Å²) in [4.78, 5) is 13.2. The van der Waals surface area contributed by atoms with Gasteiger partial charge in [-0.05, 0) is 37.5 Å². The molecule has 4 atom stereocenters. The van der Waals surface area contributed by atoms with Gasteiger partial charge in [-0.25, -0.2) is 9.97 Å². The van der Waals surface area contributed by atoms with Crippen LogP contribution in [0.4, 0.5) is 5.95 Å². The van der Waals surface area contributed by atoms with Crippen molar-refractivity contribution in [2.75, 3.05) is 5.32 Å². The van der Waals surface area contributed by atoms with E-state index in [1.165, 1.54) is 6.33 Å². The van der Waals surface area contributed by atoms with Crippen LogP contribution in [0.2, 0.25) is 0 Å². The highest BCUT2D eigenvalue weighted by atomic mass is 16.6. The summed E-state index contributed by atoms with van der Waals surface area (Å²) in [5.74, 6) is 0.636. The zero-order chi connectivity index (χ0) is 23.1. The molecule has 11 heteroatoms. The number of nitriles is 1. The molecule has 0 spiro atoms. The lowest BCUT2D eigenvalue weighted by Gasteiger charge is -2.33. The number of imidazole rings is 1. The molecule has 1 aliphatic carbocycles. The number of rotatable bonds is 6. The Balaban J connectivity index is 1.48. The van der Waals surface area contributed by atoms with Crippen LogP contribution in [0.15, 0.2) is 30.6 Å². The molecule has 5 rings (SSSR count). The summed E-state index contributed by atoms with van der Waals surface area (Å²) in [6.45, 7) is 1.89. The zero-order valence-corrected chi connectivity index (χ0v) is 17.9. The maximum atomic E-state index is 10.6. The maximum Gasteiger partial charge on any atom is 0.245 e. The molecule has 0 bridgehead atoms. The molecule has 3 aromatic rings. The Kier molecular flexibility index (Phi) is 5.59. The molecule has 1 saturated carbocycles. The summed E-state index contributed by atoms with van der Waals surface area (Å²) in [5, 5.41) is 42.7. The van der Waals surface area contributed by atoms with E-state index >= 15 is 0 Å². The van der Waals surface area contributed by atoms with E-state index in [-0.39, 0.29) is 24.6 Å². The summed E-state index contributed by atoms with van der Waals surface area (Å²) in [7, 11) is 0. The van der Waals surface area contributed by atoms with Crippen LogP contribution in [0.25, 0.3) is 11.2 Å². The van der Waals surface area contributed by atoms with Gasteiger partial charge in [0.1, 0.15) is 25.1 Å². The van der Waals surface area contributed by atoms with E-state index in [4.69, 9.17) is 14.7 Å². The van der Waals surface area contributed by atoms with E-state index in [1.54, 1.807) is 35.8 Å². The van der Waals surface area contributed by atoms with Crippen molar-refractivity contribution in [1.29, 1.82) is 5.26 Å². The molecule has 2 aliphatic rings. The SMILES string of the molecule is C[C@H]1O[C@@H](n2c(N[C@H]3C[C@@H](O)C3)nc3c(OCc4ccc(C#N)cc4)ncnc32)[C@H](O)[C@@H]1O. The number of aliphatic hydroxyl groups is 3. The van der Waals surface area contributed by atoms with Crippen LogP contribution in [0.3, 0.4) is 0 Å². The molecule has 1 saturated heterocycles. The van der Waals surface area contributed by atoms with Gasteiger partial charge in [-0.1, -0.05) is 12.1 Å². The summed E-state index contributed by atoms with van der Waals surface area (Å²) >= 11 is 0. The number of benzene rings is 1. The van der Waals surface area contributed by atoms with Crippen molar-refractivity contribution in [1.82, 2.24) is 19.5 Å². The van der Waals surface area contributed by atoms with Crippen molar-refractivity contribution in [3.05, 3.63) is 41.7 Å². The number of aliphatic hydroxyl groups excluding tert-OH is 3. The van der Waals surface area contributed by atoms with Gasteiger partial charge in [0.25, 0.3) is 0 Å². The summed E-state index contributed by atoms with van der Waals surface area (Å²) in [6, 6.07) is 9.11. The van der Waals surface area contributed by atoms with Crippen molar-refractivity contribution >= 4 is 17.1 Å². The first-order valence-electron chi connectivity index (χ1n) is 10.8. The molecule has 1 aromatic carbocycles. The second-order valence-electron chi connectivity index (χ2n) is 8.43. The molecule has 172 valence electrons. The Morgan fingerprint density at radius 3 is 2.58 bits per heavy atom. The number of aromatic nitrogens is 4. The predicted octanol–water partition coefficient (Wildman–Crippen LogP) is 0.851. The average molecular weight is 452 g/mol. The zero-order valence-electron chi connectivity index (χ0n) is 17.9. The van der Waals surface area contributed by atoms with Gasteiger partial charge in [-0.3, -0.25) is 4.57 Å². The van der Waals surface area contributed by atoms with Crippen molar-refractivity contribution in [2.24, 2.45) is 0 Å². The smallest absolute Gasteiger partial charge is 0.245 e. The molecule has 4 N–H and O–H groups in total. The molecule has 0 amide bonds. The molecule has 2 fully saturated rings. The Morgan fingerprint density at radius 2 is 1.94 bits per heavy atom. The highest BCUT2D eigenvalue weighted by Gasteiger charge is 2.43. The minimum absolute atomic E-state index is 0.00688. The molecule has 0 unspecified atom stereocenters. The fraction of sp³-hybridized carbons (Fsp3) is 0.455. The Labute approximate surface area is 189 Å². The summed E-state index contributed by atoms with van der Waals surface area (Å²) < 4.78 is 13.3. The lowest BCUT2D eigenvalue weighted by atomic mass is 9.90. The van der Waals surface area contributed by atoms with Gasteiger partial charge in [0.05, 0.1) is 23.8 Å². The lowest BCUT2D eigenvalue weighted by Crippen LogP contribution is -2.40. The van der Waals surface area contributed by atoms with Gasteiger partial charge in [-0.2, -0.15) is 10.2 Å². The van der Waals surface area contributed by atoms with Crippen LogP contribution in [-0.2, 0) is 11.3 Å². The number of nitrogens with one attached hydrogen (secondary N) is 1. The molecule has 11 nitrogen and oxygen atoms in total. The Bertz CT molecular complexity index is 1190. The van der Waals surface area contributed by atoms with Crippen LogP contribution >= 0.6 is 0 Å². The van der Waals surface area contributed by atoms with Gasteiger partial charge in [0.15, 0.2) is 17.4 Å². The number of anilines is 1. The largest absolute Gasteiger partial charge is 0.471 e. The third-order valence-electron chi connectivity index (χ3n) is 6.08. The number of hydrogen-bond donors (Lipinski definition) is 4. The minimum Gasteiger partial charge on any atom is -0.471 e. The highest BCUT2D eigenvalue weighted by molar-refractivity contribution is 5.79. The third-order valence-corrected chi connectivity index (χ3v) is 6.08. The van der Waals surface area contributed by atoms with Gasteiger partial charge >= 0.3 is 0 Å². The van der Waals surface area contributed by atoms with E-state index in [9.17, 15) is 15.3 Å². The predicted molar refractivity (Wildman–Crippen MR) is 115 cm³/mol. The van der Waals surface area contributed by atoms with Gasteiger partial charge in [0, 0.05) is 6.04 Å². The maximum absolute atomic E-state index is 10.6. The van der Waals surface area contributed by atoms with Gasteiger partial charge in [0.2, 0.25) is 11.8 Å². The highest BCUT2D eigenvalue weighted by Crippen LogP contribution is 2.37. The quantitative estimate of drug-likeness (QED) is 0.422. The number of nitrogens with zero attached hydrogens (tertiary/aromatic N) is 5. The van der Waals surface area contributed by atoms with Crippen LogP contribution in [0.1, 0.15) is 37.1 Å². The lowest BCUT2D eigenvalue weighted by molar-refractivity contribution is -0.0289. The molecule has 3 heterocycles. The van der Waals surface area contributed by atoms with Crippen LogP contribution in [-0.4, -0.2) is 65.3 Å². The molecule has 33 heavy (non-hydrogen) atoms. The van der Waals surface area contributed by atoms with Crippen molar-refractivity contribution in [2.45, 2.75) is 63.1 Å². The summed E-state index contributed by atoms with van der Waals surface area (Å²) in [5.41, 5.74) is 2.17. The first kappa shape index (κ1) is 21.5. The van der Waals surface area contributed by atoms with Crippen molar-refractivity contribution in [3.63, 3.8) is 0 Å². The monoisotopic (exact) mass is 452 g/mol. The van der Waals surface area contributed by atoms with E-state index in [0.717, 1.165) is 5.56 Å². The van der Waals surface area contributed by atoms with Gasteiger partial charge in [-0.15, -0.1) is 0 Å². The Morgan fingerprint density at radius 1 is 1.18 bits per heavy atom. The van der Waals surface area contributed by atoms with Crippen LogP contribution in [0, 0.1) is 11.3 Å². The topological polar surface area (TPSA) is 159 Å². The van der Waals surface area contributed by atoms with E-state index in [2.05, 4.69) is 26.3 Å². The second-order valence-corrected chi connectivity index (χ2v) is 8.43. The Hall–Kier alpha value is -3.30. The number of fused-ring (bicyclic) bond motifs is 1. The van der Waals surface area contributed by atoms with E-state index in [1.807, 2.05) is 0 Å². The van der Waals surface area contributed by atoms with Crippen LogP contribution in [0.5, 0.6) is 5.88 Å². The molecular weight excluding hydrogens is 428 g/mol. The normalized spacial score (nSPS) is 28.9. The fourth-order valence-corrected chi connectivity index (χ4v) is 4.09. The molecule has 2 aromatic heterocycles. The van der Waals surface area contributed by atoms with Crippen molar-refractivity contribution < 1.29 is 24.8 Å². The first-order valence-corrected chi connectivity index (χ1v) is 10.8. The van der Waals surface area contributed by atoms with E-state index < -0.39 is 24.5 Å². The second kappa shape index (κ2) is 8.57. The molecule has 1 aliphatic heterocycles. The third kappa shape index (κ3) is 3.98. The first-order chi connectivity index (χ1) is 15.9. The number of hydrogen-bond acceptors (Lipinski definition) is 10. The fourth-order valence-electron chi connectivity index (χ4n) is 4.09. The average Bonchev–Trinajstić information content (AvgIpc) is 3.29. The number of ether oxygens (including phenoxy) is 2. The van der Waals surface area contributed by atoms with Crippen LogP contribution < -0.4 is 10.1 Å². The van der Waals surface area contributed by atoms with Crippen molar-refractivity contribution in [3.8, 4) is 11.9 Å². The molecular formula is C22H24N6O5. The summed E-state index contributed by atoms with van der Waals surface area (Å²) in [6.07, 6.45) is -1.59.